The number of hydrogen-bond donors (Lipinski definition) is 1. The van der Waals surface area contributed by atoms with Crippen LogP contribution in [0.2, 0.25) is 0 Å². The lowest BCUT2D eigenvalue weighted by atomic mass is 10.0. The van der Waals surface area contributed by atoms with Crippen LogP contribution in [0.15, 0.2) is 35.7 Å². The summed E-state index contributed by atoms with van der Waals surface area (Å²) in [6.07, 6.45) is 0.684. The van der Waals surface area contributed by atoms with Crippen LogP contribution in [0, 0.1) is 5.92 Å². The molecule has 6 nitrogen and oxygen atoms in total. The standard InChI is InChI=1S/C17H19N3O3S2/c18-13-10-25(22,23)15-8-20(7-12(13)15)17(21)14-9-24-16(19-14)6-11-4-2-1-3-5-11/h1-5,9,12-13,15H,6-8,10,18H2/t12-,13+,15-/m0/s1. The number of carbonyl (C=O) groups is 1. The van der Waals surface area contributed by atoms with Gasteiger partial charge >= 0.3 is 0 Å². The molecule has 2 aromatic rings. The molecule has 2 aliphatic rings. The molecule has 2 saturated heterocycles. The number of benzene rings is 1. The van der Waals surface area contributed by atoms with Crippen molar-refractivity contribution in [2.45, 2.75) is 17.7 Å². The first kappa shape index (κ1) is 16.7. The van der Waals surface area contributed by atoms with E-state index < -0.39 is 15.1 Å². The molecule has 2 fully saturated rings. The van der Waals surface area contributed by atoms with Crippen molar-refractivity contribution < 1.29 is 13.2 Å². The number of nitrogens with zero attached hydrogens (tertiary/aromatic N) is 2. The van der Waals surface area contributed by atoms with E-state index in [2.05, 4.69) is 4.98 Å². The Morgan fingerprint density at radius 1 is 1.28 bits per heavy atom. The second-order valence-corrected chi connectivity index (χ2v) is 9.90. The number of hydrogen-bond acceptors (Lipinski definition) is 6. The van der Waals surface area contributed by atoms with Gasteiger partial charge in [-0.2, -0.15) is 0 Å². The number of amides is 1. The summed E-state index contributed by atoms with van der Waals surface area (Å²) in [5, 5.41) is 2.11. The predicted molar refractivity (Wildman–Crippen MR) is 96.3 cm³/mol. The summed E-state index contributed by atoms with van der Waals surface area (Å²) >= 11 is 1.45. The summed E-state index contributed by atoms with van der Waals surface area (Å²) in [4.78, 5) is 18.7. The lowest BCUT2D eigenvalue weighted by Crippen LogP contribution is -2.35. The van der Waals surface area contributed by atoms with Crippen molar-refractivity contribution >= 4 is 27.1 Å². The molecule has 0 unspecified atom stereocenters. The smallest absolute Gasteiger partial charge is 0.273 e. The monoisotopic (exact) mass is 377 g/mol. The molecule has 2 N–H and O–H groups in total. The van der Waals surface area contributed by atoms with E-state index >= 15 is 0 Å². The zero-order valence-electron chi connectivity index (χ0n) is 13.5. The molecule has 25 heavy (non-hydrogen) atoms. The summed E-state index contributed by atoms with van der Waals surface area (Å²) in [6, 6.07) is 9.58. The summed E-state index contributed by atoms with van der Waals surface area (Å²) < 4.78 is 24.3. The topological polar surface area (TPSA) is 93.4 Å². The minimum absolute atomic E-state index is 0.0300. The zero-order valence-corrected chi connectivity index (χ0v) is 15.2. The van der Waals surface area contributed by atoms with Crippen LogP contribution in [0.5, 0.6) is 0 Å². The first-order valence-electron chi connectivity index (χ1n) is 8.19. The van der Waals surface area contributed by atoms with E-state index in [4.69, 9.17) is 5.73 Å². The highest BCUT2D eigenvalue weighted by molar-refractivity contribution is 7.92. The van der Waals surface area contributed by atoms with Crippen LogP contribution >= 0.6 is 11.3 Å². The first-order valence-corrected chi connectivity index (χ1v) is 10.8. The highest BCUT2D eigenvalue weighted by Crippen LogP contribution is 2.33. The fourth-order valence-corrected chi connectivity index (χ4v) is 6.75. The molecule has 0 bridgehead atoms. The number of likely N-dealkylation sites (tertiary alicyclic amines) is 1. The predicted octanol–water partition coefficient (Wildman–Crippen LogP) is 0.930. The Labute approximate surface area is 150 Å². The molecule has 0 saturated carbocycles. The van der Waals surface area contributed by atoms with Gasteiger partial charge in [0.25, 0.3) is 5.91 Å². The third-order valence-corrected chi connectivity index (χ3v) is 8.12. The minimum Gasteiger partial charge on any atom is -0.336 e. The van der Waals surface area contributed by atoms with Gasteiger partial charge in [0.05, 0.1) is 16.0 Å². The normalized spacial score (nSPS) is 27.4. The number of nitrogens with two attached hydrogens (primary N) is 1. The third-order valence-electron chi connectivity index (χ3n) is 5.00. The van der Waals surface area contributed by atoms with Gasteiger partial charge in [0.1, 0.15) is 5.69 Å². The van der Waals surface area contributed by atoms with E-state index in [0.29, 0.717) is 18.7 Å². The second-order valence-electron chi connectivity index (χ2n) is 6.69. The average Bonchev–Trinajstić information content (AvgIpc) is 3.26. The molecule has 0 aliphatic carbocycles. The third kappa shape index (κ3) is 3.09. The van der Waals surface area contributed by atoms with Crippen LogP contribution in [0.1, 0.15) is 21.1 Å². The quantitative estimate of drug-likeness (QED) is 0.859. The molecule has 132 valence electrons. The maximum Gasteiger partial charge on any atom is 0.273 e. The number of fused-ring (bicyclic) bond motifs is 1. The fourth-order valence-electron chi connectivity index (χ4n) is 3.69. The first-order chi connectivity index (χ1) is 11.9. The van der Waals surface area contributed by atoms with Crippen LogP contribution in [0.4, 0.5) is 0 Å². The van der Waals surface area contributed by atoms with Gasteiger partial charge in [-0.3, -0.25) is 4.79 Å². The van der Waals surface area contributed by atoms with E-state index in [1.807, 2.05) is 30.3 Å². The lowest BCUT2D eigenvalue weighted by molar-refractivity contribution is 0.0780. The van der Waals surface area contributed by atoms with Crippen LogP contribution in [-0.4, -0.2) is 54.3 Å². The molecule has 3 atom stereocenters. The molecule has 8 heteroatoms. The van der Waals surface area contributed by atoms with E-state index in [-0.39, 0.29) is 30.2 Å². The number of carbonyl (C=O) groups excluding carboxylic acids is 1. The molecule has 0 spiro atoms. The maximum absolute atomic E-state index is 12.7. The summed E-state index contributed by atoms with van der Waals surface area (Å²) in [5.41, 5.74) is 7.49. The number of thiazole rings is 1. The lowest BCUT2D eigenvalue weighted by Gasteiger charge is -2.17. The molecule has 2 aliphatic heterocycles. The highest BCUT2D eigenvalue weighted by atomic mass is 32.2. The van der Waals surface area contributed by atoms with Crippen molar-refractivity contribution in [2.24, 2.45) is 11.7 Å². The van der Waals surface area contributed by atoms with Gasteiger partial charge in [-0.1, -0.05) is 30.3 Å². The summed E-state index contributed by atoms with van der Waals surface area (Å²) in [5.74, 6) is -0.328. The number of sulfone groups is 1. The van der Waals surface area contributed by atoms with Crippen LogP contribution in [0.3, 0.4) is 0 Å². The van der Waals surface area contributed by atoms with Crippen LogP contribution in [0.25, 0.3) is 0 Å². The van der Waals surface area contributed by atoms with Crippen LogP contribution < -0.4 is 5.73 Å². The van der Waals surface area contributed by atoms with Gasteiger partial charge < -0.3 is 10.6 Å². The Bertz CT molecular complexity index is 895. The van der Waals surface area contributed by atoms with Gasteiger partial charge in [0, 0.05) is 36.9 Å². The van der Waals surface area contributed by atoms with Gasteiger partial charge in [0.15, 0.2) is 9.84 Å². The Balaban J connectivity index is 1.48. The SMILES string of the molecule is N[C@@H]1CS(=O)(=O)[C@H]2CN(C(=O)c3csc(Cc4ccccc4)n3)C[C@@H]12. The molecular formula is C17H19N3O3S2. The molecule has 1 aromatic heterocycles. The Hall–Kier alpha value is -1.77. The van der Waals surface area contributed by atoms with Crippen molar-refractivity contribution in [3.8, 4) is 0 Å². The Morgan fingerprint density at radius 2 is 2.04 bits per heavy atom. The average molecular weight is 377 g/mol. The van der Waals surface area contributed by atoms with Gasteiger partial charge in [0.2, 0.25) is 0 Å². The van der Waals surface area contributed by atoms with Gasteiger partial charge in [-0.15, -0.1) is 11.3 Å². The van der Waals surface area contributed by atoms with Crippen molar-refractivity contribution in [1.29, 1.82) is 0 Å². The maximum atomic E-state index is 12.7. The Morgan fingerprint density at radius 3 is 2.76 bits per heavy atom. The van der Waals surface area contributed by atoms with E-state index in [1.54, 1.807) is 10.3 Å². The van der Waals surface area contributed by atoms with Crippen molar-refractivity contribution in [3.63, 3.8) is 0 Å². The number of rotatable bonds is 3. The molecule has 4 rings (SSSR count). The van der Waals surface area contributed by atoms with E-state index in [1.165, 1.54) is 11.3 Å². The number of aromatic nitrogens is 1. The fraction of sp³-hybridized carbons (Fsp3) is 0.412. The molecule has 1 aromatic carbocycles. The van der Waals surface area contributed by atoms with Gasteiger partial charge in [-0.25, -0.2) is 13.4 Å². The van der Waals surface area contributed by atoms with Crippen molar-refractivity contribution in [1.82, 2.24) is 9.88 Å². The second kappa shape index (κ2) is 6.19. The minimum atomic E-state index is -3.19. The molecule has 1 amide bonds. The van der Waals surface area contributed by atoms with Gasteiger partial charge in [-0.05, 0) is 5.56 Å². The zero-order chi connectivity index (χ0) is 17.6. The Kier molecular flexibility index (Phi) is 4.13. The molecular weight excluding hydrogens is 358 g/mol. The van der Waals surface area contributed by atoms with Crippen molar-refractivity contribution in [2.75, 3.05) is 18.8 Å². The molecule has 0 radical (unpaired) electrons. The van der Waals surface area contributed by atoms with Crippen LogP contribution in [-0.2, 0) is 16.3 Å². The van der Waals surface area contributed by atoms with Crippen molar-refractivity contribution in [3.05, 3.63) is 52.0 Å². The highest BCUT2D eigenvalue weighted by Gasteiger charge is 2.51. The van der Waals surface area contributed by atoms with E-state index in [9.17, 15) is 13.2 Å². The largest absolute Gasteiger partial charge is 0.336 e. The van der Waals surface area contributed by atoms with E-state index in [0.717, 1.165) is 10.6 Å². The molecule has 3 heterocycles. The summed E-state index contributed by atoms with van der Waals surface area (Å²) in [6.45, 7) is 0.626. The summed E-state index contributed by atoms with van der Waals surface area (Å²) in [7, 11) is -3.19.